The summed E-state index contributed by atoms with van der Waals surface area (Å²) in [7, 11) is 1.54. The van der Waals surface area contributed by atoms with Gasteiger partial charge >= 0.3 is 6.01 Å². The molecule has 98 valence electrons. The molecular formula is C13H19N3O2. The van der Waals surface area contributed by atoms with Crippen LogP contribution in [0.5, 0.6) is 6.01 Å². The lowest BCUT2D eigenvalue weighted by Crippen LogP contribution is -2.46. The van der Waals surface area contributed by atoms with Crippen molar-refractivity contribution in [2.45, 2.75) is 37.3 Å². The highest BCUT2D eigenvalue weighted by atomic mass is 16.5. The van der Waals surface area contributed by atoms with Gasteiger partial charge in [0.25, 0.3) is 0 Å². The van der Waals surface area contributed by atoms with Crippen LogP contribution in [0.4, 0.5) is 0 Å². The van der Waals surface area contributed by atoms with Crippen LogP contribution in [0.15, 0.2) is 12.4 Å². The number of hydrogen-bond acceptors (Lipinski definition) is 5. The van der Waals surface area contributed by atoms with Gasteiger partial charge in [-0.1, -0.05) is 0 Å². The summed E-state index contributed by atoms with van der Waals surface area (Å²) in [6.45, 7) is 2.15. The zero-order chi connectivity index (χ0) is 12.6. The molecule has 2 saturated heterocycles. The van der Waals surface area contributed by atoms with Gasteiger partial charge in [-0.15, -0.1) is 0 Å². The number of ether oxygens (including phenoxy) is 1. The fourth-order valence-electron chi connectivity index (χ4n) is 3.17. The molecule has 2 atom stereocenters. The van der Waals surface area contributed by atoms with E-state index in [9.17, 15) is 5.11 Å². The molecule has 0 saturated carbocycles. The molecule has 1 N–H and O–H groups in total. The van der Waals surface area contributed by atoms with Crippen molar-refractivity contribution in [3.8, 4) is 6.01 Å². The van der Waals surface area contributed by atoms with Crippen LogP contribution < -0.4 is 4.74 Å². The highest BCUT2D eigenvalue weighted by Crippen LogP contribution is 2.39. The van der Waals surface area contributed by atoms with Gasteiger partial charge in [-0.2, -0.15) is 0 Å². The molecule has 2 aliphatic heterocycles. The van der Waals surface area contributed by atoms with Gasteiger partial charge in [-0.25, -0.2) is 9.97 Å². The maximum Gasteiger partial charge on any atom is 0.316 e. The number of piperidine rings is 1. The predicted molar refractivity (Wildman–Crippen MR) is 66.3 cm³/mol. The summed E-state index contributed by atoms with van der Waals surface area (Å²) in [5.74, 6) is 0. The maximum atomic E-state index is 10.8. The van der Waals surface area contributed by atoms with Gasteiger partial charge < -0.3 is 14.7 Å². The molecular weight excluding hydrogens is 230 g/mol. The Kier molecular flexibility index (Phi) is 2.95. The number of hydrogen-bond donors (Lipinski definition) is 1. The van der Waals surface area contributed by atoms with Crippen molar-refractivity contribution >= 4 is 0 Å². The molecule has 0 bridgehead atoms. The number of aromatic nitrogens is 2. The third-order valence-electron chi connectivity index (χ3n) is 4.23. The van der Waals surface area contributed by atoms with Crippen molar-refractivity contribution < 1.29 is 9.84 Å². The van der Waals surface area contributed by atoms with Crippen molar-refractivity contribution in [2.75, 3.05) is 20.2 Å². The molecule has 3 rings (SSSR count). The number of nitrogens with zero attached hydrogens (tertiary/aromatic N) is 3. The lowest BCUT2D eigenvalue weighted by atomic mass is 9.82. The molecule has 2 fully saturated rings. The van der Waals surface area contributed by atoms with E-state index in [0.29, 0.717) is 12.1 Å². The zero-order valence-corrected chi connectivity index (χ0v) is 10.7. The fraction of sp³-hybridized carbons (Fsp3) is 0.692. The summed E-state index contributed by atoms with van der Waals surface area (Å²) in [6.07, 6.45) is 7.38. The Hall–Kier alpha value is -1.20. The normalized spacial score (nSPS) is 32.2. The summed E-state index contributed by atoms with van der Waals surface area (Å²) in [5, 5.41) is 10.8. The van der Waals surface area contributed by atoms with E-state index in [0.717, 1.165) is 24.9 Å². The first-order valence-electron chi connectivity index (χ1n) is 6.54. The molecule has 1 aromatic rings. The van der Waals surface area contributed by atoms with Gasteiger partial charge in [0, 0.05) is 30.5 Å². The van der Waals surface area contributed by atoms with Crippen LogP contribution in [-0.2, 0) is 5.60 Å². The van der Waals surface area contributed by atoms with Gasteiger partial charge in [0.05, 0.1) is 12.7 Å². The molecule has 18 heavy (non-hydrogen) atoms. The van der Waals surface area contributed by atoms with E-state index in [1.165, 1.54) is 19.4 Å². The van der Waals surface area contributed by atoms with Crippen LogP contribution in [0.1, 0.15) is 31.2 Å². The molecule has 5 nitrogen and oxygen atoms in total. The number of aliphatic hydroxyl groups is 1. The lowest BCUT2D eigenvalue weighted by molar-refractivity contribution is -0.0414. The predicted octanol–water partition coefficient (Wildman–Crippen LogP) is 0.931. The largest absolute Gasteiger partial charge is 0.467 e. The summed E-state index contributed by atoms with van der Waals surface area (Å²) in [4.78, 5) is 10.7. The third kappa shape index (κ3) is 1.97. The minimum absolute atomic E-state index is 0.348. The van der Waals surface area contributed by atoms with Crippen molar-refractivity contribution in [1.29, 1.82) is 0 Å². The number of fused-ring (bicyclic) bond motifs is 1. The Morgan fingerprint density at radius 3 is 2.89 bits per heavy atom. The van der Waals surface area contributed by atoms with Crippen LogP contribution in [0.25, 0.3) is 0 Å². The Morgan fingerprint density at radius 2 is 2.17 bits per heavy atom. The molecule has 2 aliphatic rings. The second-order valence-corrected chi connectivity index (χ2v) is 5.28. The van der Waals surface area contributed by atoms with Crippen molar-refractivity contribution in [3.05, 3.63) is 18.0 Å². The molecule has 0 aromatic carbocycles. The topological polar surface area (TPSA) is 58.5 Å². The summed E-state index contributed by atoms with van der Waals surface area (Å²) < 4.78 is 4.95. The molecule has 5 heteroatoms. The maximum absolute atomic E-state index is 10.8. The monoisotopic (exact) mass is 249 g/mol. The highest BCUT2D eigenvalue weighted by molar-refractivity contribution is 5.19. The fourth-order valence-corrected chi connectivity index (χ4v) is 3.17. The second kappa shape index (κ2) is 4.48. The van der Waals surface area contributed by atoms with E-state index in [-0.39, 0.29) is 0 Å². The third-order valence-corrected chi connectivity index (χ3v) is 4.23. The van der Waals surface area contributed by atoms with Gasteiger partial charge in [0.1, 0.15) is 0 Å². The van der Waals surface area contributed by atoms with E-state index >= 15 is 0 Å². The van der Waals surface area contributed by atoms with E-state index in [1.54, 1.807) is 19.5 Å². The molecule has 1 aromatic heterocycles. The van der Waals surface area contributed by atoms with Crippen molar-refractivity contribution in [3.63, 3.8) is 0 Å². The van der Waals surface area contributed by atoms with Crippen molar-refractivity contribution in [2.24, 2.45) is 0 Å². The van der Waals surface area contributed by atoms with Gasteiger partial charge in [-0.05, 0) is 32.2 Å². The summed E-state index contributed by atoms with van der Waals surface area (Å²) >= 11 is 0. The zero-order valence-electron chi connectivity index (χ0n) is 10.7. The number of methoxy groups -OCH3 is 1. The van der Waals surface area contributed by atoms with E-state index < -0.39 is 5.60 Å². The van der Waals surface area contributed by atoms with Crippen LogP contribution in [0.2, 0.25) is 0 Å². The molecule has 0 spiro atoms. The molecule has 3 heterocycles. The van der Waals surface area contributed by atoms with Gasteiger partial charge in [-0.3, -0.25) is 0 Å². The standard InChI is InChI=1S/C13H19N3O2/c1-18-12-14-8-10(9-15-12)13(17)4-6-16-5-2-3-11(16)7-13/h8-9,11,17H,2-7H2,1H3. The van der Waals surface area contributed by atoms with Crippen LogP contribution in [0, 0.1) is 0 Å². The van der Waals surface area contributed by atoms with Crippen LogP contribution >= 0.6 is 0 Å². The van der Waals surface area contributed by atoms with Crippen molar-refractivity contribution in [1.82, 2.24) is 14.9 Å². The SMILES string of the molecule is COc1ncc(C2(O)CCN3CCCC3C2)cn1. The molecule has 0 aliphatic carbocycles. The minimum Gasteiger partial charge on any atom is -0.467 e. The van der Waals surface area contributed by atoms with E-state index in [1.807, 2.05) is 0 Å². The van der Waals surface area contributed by atoms with E-state index in [4.69, 9.17) is 4.74 Å². The van der Waals surface area contributed by atoms with E-state index in [2.05, 4.69) is 14.9 Å². The first-order chi connectivity index (χ1) is 8.71. The first kappa shape index (κ1) is 11.9. The minimum atomic E-state index is -0.766. The quantitative estimate of drug-likeness (QED) is 0.845. The highest BCUT2D eigenvalue weighted by Gasteiger charge is 2.41. The average Bonchev–Trinajstić information content (AvgIpc) is 2.86. The van der Waals surface area contributed by atoms with Crippen LogP contribution in [-0.4, -0.2) is 46.2 Å². The van der Waals surface area contributed by atoms with Crippen LogP contribution in [0.3, 0.4) is 0 Å². The molecule has 2 unspecified atom stereocenters. The Labute approximate surface area is 107 Å². The lowest BCUT2D eigenvalue weighted by Gasteiger charge is -2.40. The Morgan fingerprint density at radius 1 is 1.39 bits per heavy atom. The second-order valence-electron chi connectivity index (χ2n) is 5.28. The molecule has 0 radical (unpaired) electrons. The Bertz CT molecular complexity index is 423. The average molecular weight is 249 g/mol. The first-order valence-corrected chi connectivity index (χ1v) is 6.54. The van der Waals surface area contributed by atoms with Gasteiger partial charge in [0.2, 0.25) is 0 Å². The summed E-state index contributed by atoms with van der Waals surface area (Å²) in [6, 6.07) is 0.867. The smallest absolute Gasteiger partial charge is 0.316 e. The number of rotatable bonds is 2. The molecule has 0 amide bonds. The van der Waals surface area contributed by atoms with Gasteiger partial charge in [0.15, 0.2) is 0 Å². The summed E-state index contributed by atoms with van der Waals surface area (Å²) in [5.41, 5.74) is 0.0486. The Balaban J connectivity index is 1.80.